The van der Waals surface area contributed by atoms with Crippen LogP contribution >= 0.6 is 27.3 Å². The molecule has 1 N–H and O–H groups in total. The number of hydrogen-bond acceptors (Lipinski definition) is 4. The van der Waals surface area contributed by atoms with Crippen LogP contribution in [0.25, 0.3) is 10.2 Å². The zero-order valence-corrected chi connectivity index (χ0v) is 17.9. The molecule has 0 bridgehead atoms. The van der Waals surface area contributed by atoms with E-state index < -0.39 is 0 Å². The zero-order valence-electron chi connectivity index (χ0n) is 15.5. The third-order valence-electron chi connectivity index (χ3n) is 5.09. The summed E-state index contributed by atoms with van der Waals surface area (Å²) in [7, 11) is 0. The molecule has 0 spiro atoms. The van der Waals surface area contributed by atoms with Crippen LogP contribution in [0.1, 0.15) is 24.0 Å². The number of carbonyl (C=O) groups is 1. The minimum absolute atomic E-state index is 0.0572. The summed E-state index contributed by atoms with van der Waals surface area (Å²) >= 11 is 5.24. The Labute approximate surface area is 171 Å². The standard InChI is InChI=1S/C21H22BrN3OS/c1-13-3-6-18-19(11-13)27-21(24-18)25-9-7-15(8-10-25)20(26)23-16-4-5-17(22)14(2)12-16/h3-6,11-12,15H,7-10H2,1-2H3,(H,23,26). The summed E-state index contributed by atoms with van der Waals surface area (Å²) in [5.74, 6) is 0.179. The van der Waals surface area contributed by atoms with Gasteiger partial charge in [0, 0.05) is 29.2 Å². The quantitative estimate of drug-likeness (QED) is 0.578. The molecule has 1 amide bonds. The molecule has 0 atom stereocenters. The molecule has 3 aromatic rings. The van der Waals surface area contributed by atoms with Gasteiger partial charge in [-0.05, 0) is 68.1 Å². The Hall–Kier alpha value is -1.92. The zero-order chi connectivity index (χ0) is 19.0. The van der Waals surface area contributed by atoms with Gasteiger partial charge in [0.25, 0.3) is 0 Å². The Morgan fingerprint density at radius 3 is 2.70 bits per heavy atom. The molecule has 0 unspecified atom stereocenters. The molecule has 6 heteroatoms. The Balaban J connectivity index is 1.38. The lowest BCUT2D eigenvalue weighted by Crippen LogP contribution is -2.38. The molecule has 0 saturated carbocycles. The molecule has 4 nitrogen and oxygen atoms in total. The first-order chi connectivity index (χ1) is 13.0. The van der Waals surface area contributed by atoms with Gasteiger partial charge in [0.15, 0.2) is 5.13 Å². The number of aromatic nitrogens is 1. The number of nitrogens with one attached hydrogen (secondary N) is 1. The van der Waals surface area contributed by atoms with Crippen LogP contribution in [0.2, 0.25) is 0 Å². The molecule has 1 saturated heterocycles. The minimum Gasteiger partial charge on any atom is -0.348 e. The third kappa shape index (κ3) is 4.01. The van der Waals surface area contributed by atoms with E-state index in [1.54, 1.807) is 11.3 Å². The van der Waals surface area contributed by atoms with Crippen LogP contribution in [0, 0.1) is 19.8 Å². The third-order valence-corrected chi connectivity index (χ3v) is 7.06. The molecule has 140 valence electrons. The van der Waals surface area contributed by atoms with Crippen LogP contribution in [0.5, 0.6) is 0 Å². The molecule has 4 rings (SSSR count). The second kappa shape index (κ2) is 7.60. The van der Waals surface area contributed by atoms with Crippen LogP contribution in [0.4, 0.5) is 10.8 Å². The average molecular weight is 444 g/mol. The topological polar surface area (TPSA) is 45.2 Å². The highest BCUT2D eigenvalue weighted by Crippen LogP contribution is 2.32. The summed E-state index contributed by atoms with van der Waals surface area (Å²) in [6, 6.07) is 12.3. The van der Waals surface area contributed by atoms with E-state index in [1.807, 2.05) is 25.1 Å². The van der Waals surface area contributed by atoms with Crippen LogP contribution in [-0.2, 0) is 4.79 Å². The van der Waals surface area contributed by atoms with E-state index >= 15 is 0 Å². The highest BCUT2D eigenvalue weighted by Gasteiger charge is 2.26. The second-order valence-electron chi connectivity index (χ2n) is 7.18. The maximum absolute atomic E-state index is 12.6. The smallest absolute Gasteiger partial charge is 0.227 e. The number of anilines is 2. The van der Waals surface area contributed by atoms with Gasteiger partial charge < -0.3 is 10.2 Å². The van der Waals surface area contributed by atoms with Crippen LogP contribution in [0.3, 0.4) is 0 Å². The number of rotatable bonds is 3. The Morgan fingerprint density at radius 2 is 1.96 bits per heavy atom. The summed E-state index contributed by atoms with van der Waals surface area (Å²) < 4.78 is 2.29. The number of hydrogen-bond donors (Lipinski definition) is 1. The van der Waals surface area contributed by atoms with Gasteiger partial charge >= 0.3 is 0 Å². The van der Waals surface area contributed by atoms with Gasteiger partial charge in [-0.1, -0.05) is 33.3 Å². The number of thiazole rings is 1. The number of nitrogens with zero attached hydrogens (tertiary/aromatic N) is 2. The normalized spacial score (nSPS) is 15.3. The fourth-order valence-corrected chi connectivity index (χ4v) is 4.82. The van der Waals surface area contributed by atoms with Crippen molar-refractivity contribution in [3.05, 3.63) is 52.0 Å². The maximum Gasteiger partial charge on any atom is 0.227 e. The molecule has 2 heterocycles. The van der Waals surface area contributed by atoms with Crippen molar-refractivity contribution >= 4 is 54.2 Å². The highest BCUT2D eigenvalue weighted by atomic mass is 79.9. The van der Waals surface area contributed by atoms with Gasteiger partial charge in [-0.15, -0.1) is 0 Å². The summed E-state index contributed by atoms with van der Waals surface area (Å²) in [5, 5.41) is 4.14. The van der Waals surface area contributed by atoms with Crippen molar-refractivity contribution in [1.29, 1.82) is 0 Å². The van der Waals surface area contributed by atoms with Crippen molar-refractivity contribution in [2.24, 2.45) is 5.92 Å². The largest absolute Gasteiger partial charge is 0.348 e. The molecule has 0 aliphatic carbocycles. The summed E-state index contributed by atoms with van der Waals surface area (Å²) in [6.07, 6.45) is 1.71. The molecule has 0 radical (unpaired) electrons. The molecular weight excluding hydrogens is 422 g/mol. The van der Waals surface area contributed by atoms with E-state index in [4.69, 9.17) is 4.98 Å². The van der Waals surface area contributed by atoms with Crippen LogP contribution in [0.15, 0.2) is 40.9 Å². The van der Waals surface area contributed by atoms with E-state index in [9.17, 15) is 4.79 Å². The SMILES string of the molecule is Cc1ccc2nc(N3CCC(C(=O)Nc4ccc(Br)c(C)c4)CC3)sc2c1. The molecule has 1 aliphatic heterocycles. The van der Waals surface area contributed by atoms with Crippen molar-refractivity contribution < 1.29 is 4.79 Å². The first-order valence-electron chi connectivity index (χ1n) is 9.19. The molecule has 1 aliphatic rings. The number of piperidine rings is 1. The van der Waals surface area contributed by atoms with Gasteiger partial charge in [0.05, 0.1) is 10.2 Å². The predicted molar refractivity (Wildman–Crippen MR) is 117 cm³/mol. The first kappa shape index (κ1) is 18.4. The summed E-state index contributed by atoms with van der Waals surface area (Å²) in [5.41, 5.74) is 4.31. The molecule has 1 fully saturated rings. The van der Waals surface area contributed by atoms with Crippen molar-refractivity contribution in [2.75, 3.05) is 23.3 Å². The maximum atomic E-state index is 12.6. The number of carbonyl (C=O) groups excluding carboxylic acids is 1. The average Bonchev–Trinajstić information content (AvgIpc) is 3.08. The van der Waals surface area contributed by atoms with E-state index in [0.717, 1.165) is 52.3 Å². The van der Waals surface area contributed by atoms with E-state index in [0.29, 0.717) is 0 Å². The van der Waals surface area contributed by atoms with Crippen LogP contribution < -0.4 is 10.2 Å². The molecular formula is C21H22BrN3OS. The number of amides is 1. The monoisotopic (exact) mass is 443 g/mol. The number of aryl methyl sites for hydroxylation is 2. The lowest BCUT2D eigenvalue weighted by Gasteiger charge is -2.31. The first-order valence-corrected chi connectivity index (χ1v) is 10.8. The second-order valence-corrected chi connectivity index (χ2v) is 9.05. The fourth-order valence-electron chi connectivity index (χ4n) is 3.45. The van der Waals surface area contributed by atoms with Gasteiger partial charge in [0.2, 0.25) is 5.91 Å². The number of halogens is 1. The van der Waals surface area contributed by atoms with Crippen molar-refractivity contribution in [2.45, 2.75) is 26.7 Å². The Kier molecular flexibility index (Phi) is 5.19. The summed E-state index contributed by atoms with van der Waals surface area (Å²) in [6.45, 7) is 5.88. The lowest BCUT2D eigenvalue weighted by atomic mass is 9.96. The highest BCUT2D eigenvalue weighted by molar-refractivity contribution is 9.10. The van der Waals surface area contributed by atoms with Gasteiger partial charge in [-0.2, -0.15) is 0 Å². The molecule has 27 heavy (non-hydrogen) atoms. The Morgan fingerprint density at radius 1 is 1.19 bits per heavy atom. The van der Waals surface area contributed by atoms with Crippen molar-refractivity contribution in [3.63, 3.8) is 0 Å². The van der Waals surface area contributed by atoms with E-state index in [2.05, 4.69) is 51.3 Å². The van der Waals surface area contributed by atoms with E-state index in [1.165, 1.54) is 10.3 Å². The summed E-state index contributed by atoms with van der Waals surface area (Å²) in [4.78, 5) is 19.7. The van der Waals surface area contributed by atoms with Crippen LogP contribution in [-0.4, -0.2) is 24.0 Å². The fraction of sp³-hybridized carbons (Fsp3) is 0.333. The number of benzene rings is 2. The van der Waals surface area contributed by atoms with Crippen molar-refractivity contribution in [1.82, 2.24) is 4.98 Å². The van der Waals surface area contributed by atoms with E-state index in [-0.39, 0.29) is 11.8 Å². The van der Waals surface area contributed by atoms with Crippen molar-refractivity contribution in [3.8, 4) is 0 Å². The van der Waals surface area contributed by atoms with Gasteiger partial charge in [-0.3, -0.25) is 4.79 Å². The molecule has 1 aromatic heterocycles. The lowest BCUT2D eigenvalue weighted by molar-refractivity contribution is -0.120. The van der Waals surface area contributed by atoms with Gasteiger partial charge in [-0.25, -0.2) is 4.98 Å². The van der Waals surface area contributed by atoms with Gasteiger partial charge in [0.1, 0.15) is 0 Å². The predicted octanol–water partition coefficient (Wildman–Crippen LogP) is 5.53. The minimum atomic E-state index is 0.0572. The molecule has 2 aromatic carbocycles. The Bertz CT molecular complexity index is 992. The number of fused-ring (bicyclic) bond motifs is 1.